The van der Waals surface area contributed by atoms with Crippen LogP contribution in [0.1, 0.15) is 37.8 Å². The van der Waals surface area contributed by atoms with E-state index < -0.39 is 0 Å². The maximum absolute atomic E-state index is 12.0. The zero-order valence-electron chi connectivity index (χ0n) is 18.8. The number of nitrogen functional groups attached to an aromatic ring is 1. The molecule has 1 fully saturated rings. The number of anilines is 3. The third kappa shape index (κ3) is 7.18. The van der Waals surface area contributed by atoms with Crippen LogP contribution in [0.4, 0.5) is 17.6 Å². The molecule has 1 aliphatic rings. The van der Waals surface area contributed by atoms with Crippen LogP contribution in [0.25, 0.3) is 0 Å². The third-order valence-electron chi connectivity index (χ3n) is 5.23. The van der Waals surface area contributed by atoms with Gasteiger partial charge in [-0.2, -0.15) is 9.97 Å². The van der Waals surface area contributed by atoms with E-state index in [1.54, 1.807) is 20.1 Å². The second-order valence-electron chi connectivity index (χ2n) is 8.34. The van der Waals surface area contributed by atoms with Gasteiger partial charge in [0.2, 0.25) is 5.95 Å². The molecule has 3 rings (SSSR count). The number of ether oxygens (including phenoxy) is 1. The lowest BCUT2D eigenvalue weighted by Gasteiger charge is -2.24. The molecule has 0 unspecified atom stereocenters. The van der Waals surface area contributed by atoms with Gasteiger partial charge >= 0.3 is 0 Å². The number of nitrogens with one attached hydrogen (secondary N) is 1. The maximum atomic E-state index is 12.0. The molecular formula is C23H34N6O2. The van der Waals surface area contributed by atoms with Gasteiger partial charge in [-0.05, 0) is 50.9 Å². The number of benzene rings is 1. The number of ketones is 1. The highest BCUT2D eigenvalue weighted by atomic mass is 16.5. The van der Waals surface area contributed by atoms with Crippen LogP contribution in [0.15, 0.2) is 30.3 Å². The minimum absolute atomic E-state index is 0.0307. The first-order valence-electron chi connectivity index (χ1n) is 10.9. The zero-order chi connectivity index (χ0) is 22.2. The van der Waals surface area contributed by atoms with Crippen molar-refractivity contribution in [3.05, 3.63) is 41.5 Å². The van der Waals surface area contributed by atoms with Gasteiger partial charge in [-0.25, -0.2) is 0 Å². The summed E-state index contributed by atoms with van der Waals surface area (Å²) >= 11 is 0. The number of aromatic nitrogens is 2. The van der Waals surface area contributed by atoms with Crippen LogP contribution in [0.3, 0.4) is 0 Å². The fourth-order valence-corrected chi connectivity index (χ4v) is 3.92. The van der Waals surface area contributed by atoms with Crippen molar-refractivity contribution >= 4 is 23.4 Å². The molecule has 31 heavy (non-hydrogen) atoms. The van der Waals surface area contributed by atoms with E-state index in [4.69, 9.17) is 10.5 Å². The number of hydrogen-bond donors (Lipinski definition) is 2. The minimum atomic E-state index is 0.0307. The summed E-state index contributed by atoms with van der Waals surface area (Å²) in [5, 5.41) is 3.20. The first-order chi connectivity index (χ1) is 14.9. The summed E-state index contributed by atoms with van der Waals surface area (Å²) < 4.78 is 5.17. The lowest BCUT2D eigenvalue weighted by atomic mass is 10.1. The zero-order valence-corrected chi connectivity index (χ0v) is 18.8. The van der Waals surface area contributed by atoms with Crippen molar-refractivity contribution in [3.8, 4) is 0 Å². The van der Waals surface area contributed by atoms with Crippen molar-refractivity contribution < 1.29 is 9.53 Å². The lowest BCUT2D eigenvalue weighted by Crippen LogP contribution is -2.30. The molecule has 168 valence electrons. The Kier molecular flexibility index (Phi) is 8.20. The van der Waals surface area contributed by atoms with Gasteiger partial charge in [-0.15, -0.1) is 0 Å². The van der Waals surface area contributed by atoms with Gasteiger partial charge < -0.3 is 20.7 Å². The van der Waals surface area contributed by atoms with Gasteiger partial charge in [0.25, 0.3) is 0 Å². The third-order valence-corrected chi connectivity index (χ3v) is 5.23. The van der Waals surface area contributed by atoms with Gasteiger partial charge in [0.15, 0.2) is 0 Å². The Balaban J connectivity index is 1.79. The smallest absolute Gasteiger partial charge is 0.226 e. The number of Topliss-reactive ketones (excluding diaryl/α,β-unsaturated/α-hetero) is 1. The summed E-state index contributed by atoms with van der Waals surface area (Å²) in [4.78, 5) is 25.3. The summed E-state index contributed by atoms with van der Waals surface area (Å²) in [7, 11) is 1.65. The van der Waals surface area contributed by atoms with Crippen LogP contribution in [-0.2, 0) is 22.6 Å². The number of carbonyl (C=O) groups is 1. The number of hydrogen-bond acceptors (Lipinski definition) is 8. The van der Waals surface area contributed by atoms with Crippen LogP contribution in [0.2, 0.25) is 0 Å². The highest BCUT2D eigenvalue weighted by molar-refractivity contribution is 5.80. The van der Waals surface area contributed by atoms with Gasteiger partial charge in [0, 0.05) is 32.3 Å². The fraction of sp³-hybridized carbons (Fsp3) is 0.522. The lowest BCUT2D eigenvalue weighted by molar-refractivity contribution is -0.115. The monoisotopic (exact) mass is 426 g/mol. The molecule has 8 heteroatoms. The van der Waals surface area contributed by atoms with Crippen molar-refractivity contribution in [1.82, 2.24) is 14.9 Å². The first kappa shape index (κ1) is 23.0. The van der Waals surface area contributed by atoms with E-state index in [0.717, 1.165) is 25.2 Å². The molecule has 0 saturated carbocycles. The predicted octanol–water partition coefficient (Wildman–Crippen LogP) is 2.70. The molecule has 1 aliphatic heterocycles. The maximum Gasteiger partial charge on any atom is 0.226 e. The van der Waals surface area contributed by atoms with Crippen molar-refractivity contribution in [3.63, 3.8) is 0 Å². The largest absolute Gasteiger partial charge is 0.383 e. The Morgan fingerprint density at radius 3 is 2.71 bits per heavy atom. The highest BCUT2D eigenvalue weighted by Gasteiger charge is 2.16. The van der Waals surface area contributed by atoms with Crippen LogP contribution in [-0.4, -0.2) is 60.0 Å². The number of nitrogens with two attached hydrogens (primary N) is 1. The first-order valence-corrected chi connectivity index (χ1v) is 10.9. The Morgan fingerprint density at radius 2 is 2.00 bits per heavy atom. The van der Waals surface area contributed by atoms with E-state index in [0.29, 0.717) is 30.7 Å². The van der Waals surface area contributed by atoms with E-state index in [9.17, 15) is 4.79 Å². The molecule has 0 bridgehead atoms. The second-order valence-corrected chi connectivity index (χ2v) is 8.34. The Hall–Kier alpha value is -2.71. The summed E-state index contributed by atoms with van der Waals surface area (Å²) in [6.07, 6.45) is 2.56. The normalized spacial score (nSPS) is 15.1. The van der Waals surface area contributed by atoms with Gasteiger partial charge in [0.05, 0.1) is 13.2 Å². The standard InChI is InChI=1S/C23H34N6O2/c1-17(16-31-3)25-23-26-21(24)12-22(27-23)29(13-18(2)30)15-20-8-6-7-19(11-20)14-28-9-4-5-10-28/h6-8,11-12,17H,4-5,9-10,13-16H2,1-3H3,(H3,24,25,26,27)/t17-/m0/s1. The summed E-state index contributed by atoms with van der Waals surface area (Å²) in [6.45, 7) is 8.20. The molecule has 0 amide bonds. The number of rotatable bonds is 11. The van der Waals surface area contributed by atoms with E-state index in [-0.39, 0.29) is 18.4 Å². The van der Waals surface area contributed by atoms with E-state index in [2.05, 4.69) is 44.5 Å². The topological polar surface area (TPSA) is 96.6 Å². The number of carbonyl (C=O) groups excluding carboxylic acids is 1. The van der Waals surface area contributed by atoms with Gasteiger partial charge in [-0.3, -0.25) is 9.69 Å². The molecule has 0 radical (unpaired) electrons. The SMILES string of the molecule is COC[C@H](C)Nc1nc(N)cc(N(CC(C)=O)Cc2cccc(CN3CCCC3)c2)n1. The molecule has 1 atom stereocenters. The Labute approximate surface area is 184 Å². The van der Waals surface area contributed by atoms with Crippen LogP contribution in [0.5, 0.6) is 0 Å². The van der Waals surface area contributed by atoms with Crippen LogP contribution < -0.4 is 16.0 Å². The minimum Gasteiger partial charge on any atom is -0.383 e. The highest BCUT2D eigenvalue weighted by Crippen LogP contribution is 2.21. The second kappa shape index (κ2) is 11.1. The summed E-state index contributed by atoms with van der Waals surface area (Å²) in [5.74, 6) is 1.47. The van der Waals surface area contributed by atoms with Crippen LogP contribution >= 0.6 is 0 Å². The van der Waals surface area contributed by atoms with Crippen molar-refractivity contribution in [2.45, 2.75) is 45.8 Å². The average molecular weight is 427 g/mol. The molecule has 2 aromatic rings. The molecule has 3 N–H and O–H groups in total. The molecular weight excluding hydrogens is 392 g/mol. The van der Waals surface area contributed by atoms with Crippen molar-refractivity contribution in [2.24, 2.45) is 0 Å². The van der Waals surface area contributed by atoms with E-state index in [1.165, 1.54) is 18.4 Å². The molecule has 1 aromatic carbocycles. The number of nitrogens with zero attached hydrogens (tertiary/aromatic N) is 4. The molecule has 0 spiro atoms. The van der Waals surface area contributed by atoms with Crippen molar-refractivity contribution in [2.75, 3.05) is 49.3 Å². The average Bonchev–Trinajstić information content (AvgIpc) is 3.20. The van der Waals surface area contributed by atoms with Gasteiger partial charge in [-0.1, -0.05) is 24.3 Å². The molecule has 8 nitrogen and oxygen atoms in total. The summed E-state index contributed by atoms with van der Waals surface area (Å²) in [6, 6.07) is 10.3. The van der Waals surface area contributed by atoms with Crippen molar-refractivity contribution in [1.29, 1.82) is 0 Å². The molecule has 1 aromatic heterocycles. The Bertz CT molecular complexity index is 869. The molecule has 0 aliphatic carbocycles. The van der Waals surface area contributed by atoms with E-state index in [1.807, 2.05) is 11.8 Å². The summed E-state index contributed by atoms with van der Waals surface area (Å²) in [5.41, 5.74) is 8.48. The quantitative estimate of drug-likeness (QED) is 0.566. The molecule has 2 heterocycles. The number of methoxy groups -OCH3 is 1. The number of likely N-dealkylation sites (tertiary alicyclic amines) is 1. The predicted molar refractivity (Wildman–Crippen MR) is 124 cm³/mol. The van der Waals surface area contributed by atoms with E-state index >= 15 is 0 Å². The van der Waals surface area contributed by atoms with Gasteiger partial charge in [0.1, 0.15) is 17.4 Å². The fourth-order valence-electron chi connectivity index (χ4n) is 3.92. The van der Waals surface area contributed by atoms with Crippen LogP contribution in [0, 0.1) is 0 Å². The Morgan fingerprint density at radius 1 is 1.26 bits per heavy atom. The molecule has 1 saturated heterocycles.